The number of anilines is 1. The number of aromatic nitrogens is 1. The Labute approximate surface area is 169 Å². The molecular weight excluding hydrogens is 372 g/mol. The van der Waals surface area contributed by atoms with E-state index in [2.05, 4.69) is 41.5 Å². The van der Waals surface area contributed by atoms with Crippen molar-refractivity contribution in [3.63, 3.8) is 0 Å². The van der Waals surface area contributed by atoms with Gasteiger partial charge in [-0.2, -0.15) is 0 Å². The number of aryl methyl sites for hydroxylation is 1. The lowest BCUT2D eigenvalue weighted by Gasteiger charge is -2.16. The molecule has 1 atom stereocenters. The average Bonchev–Trinajstić information content (AvgIpc) is 3.15. The molecule has 0 saturated carbocycles. The second-order valence-corrected chi connectivity index (χ2v) is 7.59. The standard InChI is InChI=1S/C22H24N2O3S/c1-4-20(27-18-11-9-17(26-3)10-12-18)21(25)24-22-23-14-19(28-22)13-16-7-5-15(2)6-8-16/h5-12,14,20H,4,13H2,1-3H3,(H,23,24,25). The van der Waals surface area contributed by atoms with Crippen molar-refractivity contribution in [2.24, 2.45) is 0 Å². The minimum absolute atomic E-state index is 0.199. The first-order chi connectivity index (χ1) is 13.6. The van der Waals surface area contributed by atoms with E-state index in [0.29, 0.717) is 17.3 Å². The molecule has 0 aliphatic carbocycles. The number of carbonyl (C=O) groups excluding carboxylic acids is 1. The fourth-order valence-corrected chi connectivity index (χ4v) is 3.53. The zero-order valence-corrected chi connectivity index (χ0v) is 17.1. The fraction of sp³-hybridized carbons (Fsp3) is 0.273. The van der Waals surface area contributed by atoms with Gasteiger partial charge in [0.2, 0.25) is 0 Å². The molecule has 1 N–H and O–H groups in total. The van der Waals surface area contributed by atoms with Crippen LogP contribution in [0.1, 0.15) is 29.3 Å². The monoisotopic (exact) mass is 396 g/mol. The minimum Gasteiger partial charge on any atom is -0.497 e. The summed E-state index contributed by atoms with van der Waals surface area (Å²) in [5.41, 5.74) is 2.46. The van der Waals surface area contributed by atoms with E-state index in [4.69, 9.17) is 9.47 Å². The Morgan fingerprint density at radius 2 is 1.79 bits per heavy atom. The Kier molecular flexibility index (Phi) is 6.66. The number of methoxy groups -OCH3 is 1. The maximum atomic E-state index is 12.6. The Hall–Kier alpha value is -2.86. The maximum Gasteiger partial charge on any atom is 0.267 e. The number of nitrogens with one attached hydrogen (secondary N) is 1. The molecule has 1 heterocycles. The van der Waals surface area contributed by atoms with Gasteiger partial charge in [-0.15, -0.1) is 11.3 Å². The molecule has 0 bridgehead atoms. The molecule has 5 nitrogen and oxygen atoms in total. The van der Waals surface area contributed by atoms with Crippen LogP contribution in [0.4, 0.5) is 5.13 Å². The first-order valence-electron chi connectivity index (χ1n) is 9.19. The second-order valence-electron chi connectivity index (χ2n) is 6.47. The van der Waals surface area contributed by atoms with Crippen LogP contribution in [0.3, 0.4) is 0 Å². The van der Waals surface area contributed by atoms with Crippen LogP contribution in [0, 0.1) is 6.92 Å². The SMILES string of the molecule is CCC(Oc1ccc(OC)cc1)C(=O)Nc1ncc(Cc2ccc(C)cc2)s1. The van der Waals surface area contributed by atoms with Gasteiger partial charge in [0.15, 0.2) is 11.2 Å². The number of hydrogen-bond donors (Lipinski definition) is 1. The highest BCUT2D eigenvalue weighted by Gasteiger charge is 2.20. The summed E-state index contributed by atoms with van der Waals surface area (Å²) in [5.74, 6) is 1.17. The number of carbonyl (C=O) groups is 1. The largest absolute Gasteiger partial charge is 0.497 e. The predicted molar refractivity (Wildman–Crippen MR) is 112 cm³/mol. The predicted octanol–water partition coefficient (Wildman–Crippen LogP) is 4.85. The van der Waals surface area contributed by atoms with Crippen molar-refractivity contribution in [3.8, 4) is 11.5 Å². The number of hydrogen-bond acceptors (Lipinski definition) is 5. The van der Waals surface area contributed by atoms with Crippen LogP contribution in [-0.2, 0) is 11.2 Å². The van der Waals surface area contributed by atoms with E-state index in [-0.39, 0.29) is 5.91 Å². The first-order valence-corrected chi connectivity index (χ1v) is 10.0. The van der Waals surface area contributed by atoms with Crippen molar-refractivity contribution in [1.82, 2.24) is 4.98 Å². The quantitative estimate of drug-likeness (QED) is 0.591. The van der Waals surface area contributed by atoms with Crippen LogP contribution in [0.25, 0.3) is 0 Å². The highest BCUT2D eigenvalue weighted by molar-refractivity contribution is 7.15. The Bertz CT molecular complexity index is 904. The summed E-state index contributed by atoms with van der Waals surface area (Å²) in [6.45, 7) is 3.99. The molecule has 3 aromatic rings. The van der Waals surface area contributed by atoms with Gasteiger partial charge in [0, 0.05) is 17.5 Å². The van der Waals surface area contributed by atoms with Crippen molar-refractivity contribution in [2.45, 2.75) is 32.8 Å². The first kappa shape index (κ1) is 19.9. The van der Waals surface area contributed by atoms with E-state index < -0.39 is 6.10 Å². The van der Waals surface area contributed by atoms with Crippen LogP contribution in [-0.4, -0.2) is 24.1 Å². The van der Waals surface area contributed by atoms with Gasteiger partial charge in [-0.1, -0.05) is 36.8 Å². The van der Waals surface area contributed by atoms with Crippen molar-refractivity contribution in [1.29, 1.82) is 0 Å². The summed E-state index contributed by atoms with van der Waals surface area (Å²) in [6, 6.07) is 15.6. The third kappa shape index (κ3) is 5.33. The summed E-state index contributed by atoms with van der Waals surface area (Å²) < 4.78 is 11.0. The van der Waals surface area contributed by atoms with Gasteiger partial charge in [0.25, 0.3) is 5.91 Å². The molecule has 0 radical (unpaired) electrons. The van der Waals surface area contributed by atoms with Crippen molar-refractivity contribution < 1.29 is 14.3 Å². The summed E-state index contributed by atoms with van der Waals surface area (Å²) in [5, 5.41) is 3.46. The molecule has 1 aromatic heterocycles. The van der Waals surface area contributed by atoms with E-state index in [9.17, 15) is 4.79 Å². The van der Waals surface area contributed by atoms with E-state index in [1.54, 1.807) is 31.4 Å². The van der Waals surface area contributed by atoms with Gasteiger partial charge in [-0.3, -0.25) is 10.1 Å². The molecule has 28 heavy (non-hydrogen) atoms. The van der Waals surface area contributed by atoms with Crippen LogP contribution in [0.2, 0.25) is 0 Å². The van der Waals surface area contributed by atoms with Gasteiger partial charge >= 0.3 is 0 Å². The number of benzene rings is 2. The molecule has 146 valence electrons. The van der Waals surface area contributed by atoms with Crippen LogP contribution >= 0.6 is 11.3 Å². The van der Waals surface area contributed by atoms with Gasteiger partial charge in [0.1, 0.15) is 11.5 Å². The molecule has 0 saturated heterocycles. The van der Waals surface area contributed by atoms with Crippen LogP contribution in [0.5, 0.6) is 11.5 Å². The smallest absolute Gasteiger partial charge is 0.267 e. The zero-order valence-electron chi connectivity index (χ0n) is 16.3. The molecule has 6 heteroatoms. The van der Waals surface area contributed by atoms with Crippen molar-refractivity contribution in [2.75, 3.05) is 12.4 Å². The average molecular weight is 397 g/mol. The number of rotatable bonds is 8. The van der Waals surface area contributed by atoms with Crippen LogP contribution < -0.4 is 14.8 Å². The number of ether oxygens (including phenoxy) is 2. The lowest BCUT2D eigenvalue weighted by atomic mass is 10.1. The lowest BCUT2D eigenvalue weighted by molar-refractivity contribution is -0.122. The molecular formula is C22H24N2O3S. The molecule has 2 aromatic carbocycles. The second kappa shape index (κ2) is 9.37. The molecule has 1 unspecified atom stereocenters. The van der Waals surface area contributed by atoms with E-state index in [1.807, 2.05) is 13.1 Å². The molecule has 0 spiro atoms. The molecule has 1 amide bonds. The topological polar surface area (TPSA) is 60.5 Å². The highest BCUT2D eigenvalue weighted by Crippen LogP contribution is 2.23. The molecule has 0 fully saturated rings. The minimum atomic E-state index is -0.585. The summed E-state index contributed by atoms with van der Waals surface area (Å²) >= 11 is 1.48. The molecule has 0 aliphatic heterocycles. The number of nitrogens with zero attached hydrogens (tertiary/aromatic N) is 1. The summed E-state index contributed by atoms with van der Waals surface area (Å²) in [4.78, 5) is 18.0. The van der Waals surface area contributed by atoms with Crippen molar-refractivity contribution in [3.05, 3.63) is 70.7 Å². The Balaban J connectivity index is 1.59. The number of thiazole rings is 1. The van der Waals surface area contributed by atoms with Gasteiger partial charge in [0.05, 0.1) is 7.11 Å². The van der Waals surface area contributed by atoms with Gasteiger partial charge in [-0.25, -0.2) is 4.98 Å². The lowest BCUT2D eigenvalue weighted by Crippen LogP contribution is -2.32. The van der Waals surface area contributed by atoms with Crippen molar-refractivity contribution >= 4 is 22.4 Å². The van der Waals surface area contributed by atoms with Gasteiger partial charge < -0.3 is 9.47 Å². The third-order valence-electron chi connectivity index (χ3n) is 4.28. The maximum absolute atomic E-state index is 12.6. The Morgan fingerprint density at radius 3 is 2.43 bits per heavy atom. The normalized spacial score (nSPS) is 11.7. The Morgan fingerprint density at radius 1 is 1.11 bits per heavy atom. The van der Waals surface area contributed by atoms with Gasteiger partial charge in [-0.05, 0) is 43.2 Å². The zero-order chi connectivity index (χ0) is 19.9. The number of amides is 1. The van der Waals surface area contributed by atoms with E-state index >= 15 is 0 Å². The van der Waals surface area contributed by atoms with Crippen LogP contribution in [0.15, 0.2) is 54.7 Å². The fourth-order valence-electron chi connectivity index (χ4n) is 2.68. The highest BCUT2D eigenvalue weighted by atomic mass is 32.1. The molecule has 3 rings (SSSR count). The van der Waals surface area contributed by atoms with E-state index in [0.717, 1.165) is 17.0 Å². The summed E-state index contributed by atoms with van der Waals surface area (Å²) in [7, 11) is 1.61. The third-order valence-corrected chi connectivity index (χ3v) is 5.20. The summed E-state index contributed by atoms with van der Waals surface area (Å²) in [6.07, 6.45) is 2.58. The van der Waals surface area contributed by atoms with E-state index in [1.165, 1.54) is 22.5 Å². The molecule has 0 aliphatic rings.